The molecule has 64 valence electrons. The molecule has 12 heavy (non-hydrogen) atoms. The third kappa shape index (κ3) is 1.60. The Balaban J connectivity index is 2.41. The van der Waals surface area contributed by atoms with Crippen LogP contribution in [-0.4, -0.2) is 32.4 Å². The zero-order chi connectivity index (χ0) is 9.19. The molecule has 0 bridgehead atoms. The van der Waals surface area contributed by atoms with Crippen LogP contribution < -0.4 is 5.32 Å². The summed E-state index contributed by atoms with van der Waals surface area (Å²) in [6, 6.07) is 0. The molecule has 1 aliphatic rings. The normalized spacial score (nSPS) is 26.5. The molecule has 0 aromatic carbocycles. The summed E-state index contributed by atoms with van der Waals surface area (Å²) in [5, 5.41) is 2.77. The van der Waals surface area contributed by atoms with Crippen LogP contribution in [0.5, 0.6) is 0 Å². The van der Waals surface area contributed by atoms with Crippen molar-refractivity contribution >= 4 is 20.4 Å². The molecule has 0 aromatic heterocycles. The van der Waals surface area contributed by atoms with Gasteiger partial charge in [0.25, 0.3) is 0 Å². The summed E-state index contributed by atoms with van der Waals surface area (Å²) in [5.74, 6) is -0.0296. The molecule has 1 N–H and O–H groups in total. The standard InChI is InChI=1S/C7H11BN2O2/c1-7(2)5(6(11)10-7)3-9-4-12-8/h4-5H,3H2,1-2H3,(H,10,11)/t5-/m0/s1. The highest BCUT2D eigenvalue weighted by Crippen LogP contribution is 2.26. The van der Waals surface area contributed by atoms with Crippen molar-refractivity contribution in [3.05, 3.63) is 0 Å². The van der Waals surface area contributed by atoms with E-state index in [1.807, 2.05) is 13.8 Å². The second-order valence-electron chi connectivity index (χ2n) is 3.37. The van der Waals surface area contributed by atoms with Crippen molar-refractivity contribution in [2.45, 2.75) is 19.4 Å². The van der Waals surface area contributed by atoms with Crippen molar-refractivity contribution in [1.29, 1.82) is 0 Å². The minimum atomic E-state index is -0.150. The maximum absolute atomic E-state index is 11.0. The van der Waals surface area contributed by atoms with Crippen LogP contribution in [0.1, 0.15) is 13.8 Å². The Hall–Kier alpha value is -0.995. The van der Waals surface area contributed by atoms with Crippen LogP contribution in [-0.2, 0) is 9.45 Å². The van der Waals surface area contributed by atoms with Crippen LogP contribution in [0.15, 0.2) is 4.99 Å². The van der Waals surface area contributed by atoms with E-state index in [0.29, 0.717) is 6.54 Å². The van der Waals surface area contributed by atoms with Crippen molar-refractivity contribution in [2.75, 3.05) is 6.54 Å². The highest BCUT2D eigenvalue weighted by molar-refractivity contribution is 6.02. The maximum Gasteiger partial charge on any atom is 0.375 e. The molecule has 0 aliphatic carbocycles. The predicted octanol–water partition coefficient (Wildman–Crippen LogP) is -0.361. The lowest BCUT2D eigenvalue weighted by molar-refractivity contribution is -0.138. The molecule has 0 spiro atoms. The van der Waals surface area contributed by atoms with Gasteiger partial charge in [-0.05, 0) is 13.8 Å². The Bertz CT molecular complexity index is 215. The molecule has 1 aliphatic heterocycles. The molecule has 1 atom stereocenters. The maximum atomic E-state index is 11.0. The first-order chi connectivity index (χ1) is 5.58. The van der Waals surface area contributed by atoms with E-state index < -0.39 is 0 Å². The third-order valence-electron chi connectivity index (χ3n) is 2.06. The van der Waals surface area contributed by atoms with Crippen LogP contribution in [0.2, 0.25) is 0 Å². The first-order valence-corrected chi connectivity index (χ1v) is 3.74. The number of carbonyl (C=O) groups excluding carboxylic acids is 1. The van der Waals surface area contributed by atoms with Crippen molar-refractivity contribution in [3.63, 3.8) is 0 Å². The van der Waals surface area contributed by atoms with Crippen LogP contribution in [0.25, 0.3) is 0 Å². The van der Waals surface area contributed by atoms with E-state index in [0.717, 1.165) is 6.40 Å². The van der Waals surface area contributed by atoms with Crippen LogP contribution in [0, 0.1) is 5.92 Å². The van der Waals surface area contributed by atoms with E-state index in [9.17, 15) is 4.79 Å². The largest absolute Gasteiger partial charge is 0.560 e. The topological polar surface area (TPSA) is 50.7 Å². The molecular weight excluding hydrogens is 155 g/mol. The minimum absolute atomic E-state index is 0.0363. The monoisotopic (exact) mass is 166 g/mol. The summed E-state index contributed by atoms with van der Waals surface area (Å²) < 4.78 is 4.14. The predicted molar refractivity (Wildman–Crippen MR) is 45.9 cm³/mol. The Morgan fingerprint density at radius 3 is 2.92 bits per heavy atom. The number of hydrogen-bond donors (Lipinski definition) is 1. The fraction of sp³-hybridized carbons (Fsp3) is 0.714. The van der Waals surface area contributed by atoms with E-state index in [2.05, 4.69) is 15.0 Å². The lowest BCUT2D eigenvalue weighted by Gasteiger charge is -2.43. The molecule has 1 rings (SSSR count). The summed E-state index contributed by atoms with van der Waals surface area (Å²) in [6.45, 7) is 4.34. The van der Waals surface area contributed by atoms with Gasteiger partial charge in [0, 0.05) is 5.54 Å². The van der Waals surface area contributed by atoms with Crippen molar-refractivity contribution in [1.82, 2.24) is 5.32 Å². The second kappa shape index (κ2) is 3.17. The third-order valence-corrected chi connectivity index (χ3v) is 2.06. The SMILES string of the molecule is [B]OC=NC[C@H]1C(=O)NC1(C)C. The molecule has 0 aromatic rings. The van der Waals surface area contributed by atoms with E-state index in [-0.39, 0.29) is 17.4 Å². The number of β-lactam (4-membered cyclic amide) rings is 1. The zero-order valence-electron chi connectivity index (χ0n) is 7.20. The number of nitrogens with one attached hydrogen (secondary N) is 1. The molecule has 2 radical (unpaired) electrons. The van der Waals surface area contributed by atoms with Gasteiger partial charge in [0.05, 0.1) is 12.5 Å². The second-order valence-corrected chi connectivity index (χ2v) is 3.37. The van der Waals surface area contributed by atoms with E-state index in [1.54, 1.807) is 0 Å². The minimum Gasteiger partial charge on any atom is -0.560 e. The van der Waals surface area contributed by atoms with Crippen LogP contribution in [0.4, 0.5) is 0 Å². The van der Waals surface area contributed by atoms with Gasteiger partial charge in [0.2, 0.25) is 5.91 Å². The van der Waals surface area contributed by atoms with Crippen LogP contribution in [0.3, 0.4) is 0 Å². The summed E-state index contributed by atoms with van der Waals surface area (Å²) in [5.41, 5.74) is -0.150. The van der Waals surface area contributed by atoms with Gasteiger partial charge >= 0.3 is 8.05 Å². The molecule has 1 saturated heterocycles. The Morgan fingerprint density at radius 1 is 1.83 bits per heavy atom. The molecule has 1 heterocycles. The highest BCUT2D eigenvalue weighted by Gasteiger charge is 2.45. The molecule has 0 unspecified atom stereocenters. The van der Waals surface area contributed by atoms with E-state index >= 15 is 0 Å². The number of hydrogen-bond acceptors (Lipinski definition) is 3. The molecule has 5 heteroatoms. The van der Waals surface area contributed by atoms with Crippen LogP contribution >= 0.6 is 0 Å². The number of aliphatic imine (C=N–C) groups is 1. The fourth-order valence-electron chi connectivity index (χ4n) is 1.24. The Morgan fingerprint density at radius 2 is 2.50 bits per heavy atom. The van der Waals surface area contributed by atoms with Crippen molar-refractivity contribution in [2.24, 2.45) is 10.9 Å². The van der Waals surface area contributed by atoms with Gasteiger partial charge in [-0.1, -0.05) is 0 Å². The number of amides is 1. The van der Waals surface area contributed by atoms with Crippen molar-refractivity contribution < 1.29 is 9.45 Å². The average Bonchev–Trinajstić information content (AvgIpc) is 1.97. The van der Waals surface area contributed by atoms with Gasteiger partial charge in [0.1, 0.15) is 6.40 Å². The lowest BCUT2D eigenvalue weighted by Crippen LogP contribution is -2.66. The van der Waals surface area contributed by atoms with Gasteiger partial charge in [-0.25, -0.2) is 0 Å². The highest BCUT2D eigenvalue weighted by atomic mass is 16.4. The average molecular weight is 166 g/mol. The smallest absolute Gasteiger partial charge is 0.375 e. The number of nitrogens with zero attached hydrogens (tertiary/aromatic N) is 1. The van der Waals surface area contributed by atoms with Gasteiger partial charge in [-0.15, -0.1) is 0 Å². The Labute approximate surface area is 72.8 Å². The number of rotatable bonds is 3. The summed E-state index contributed by atoms with van der Waals surface area (Å²) >= 11 is 0. The molecule has 4 nitrogen and oxygen atoms in total. The van der Waals surface area contributed by atoms with Gasteiger partial charge in [-0.2, -0.15) is 0 Å². The summed E-state index contributed by atoms with van der Waals surface area (Å²) in [7, 11) is 4.73. The molecule has 0 saturated carbocycles. The molecule has 1 fully saturated rings. The zero-order valence-corrected chi connectivity index (χ0v) is 7.20. The van der Waals surface area contributed by atoms with Gasteiger partial charge in [-0.3, -0.25) is 9.79 Å². The summed E-state index contributed by atoms with van der Waals surface area (Å²) in [4.78, 5) is 14.8. The Kier molecular flexibility index (Phi) is 2.40. The molecule has 1 amide bonds. The fourth-order valence-corrected chi connectivity index (χ4v) is 1.24. The van der Waals surface area contributed by atoms with E-state index in [4.69, 9.17) is 8.05 Å². The van der Waals surface area contributed by atoms with Crippen molar-refractivity contribution in [3.8, 4) is 0 Å². The van der Waals surface area contributed by atoms with E-state index in [1.165, 1.54) is 0 Å². The first kappa shape index (κ1) is 9.10. The quantitative estimate of drug-likeness (QED) is 0.269. The number of carbonyl (C=O) groups is 1. The summed E-state index contributed by atoms with van der Waals surface area (Å²) in [6.07, 6.45) is 1.14. The first-order valence-electron chi connectivity index (χ1n) is 3.74. The molecular formula is C7H11BN2O2. The lowest BCUT2D eigenvalue weighted by atomic mass is 9.79. The van der Waals surface area contributed by atoms with Gasteiger partial charge < -0.3 is 9.97 Å². The van der Waals surface area contributed by atoms with Gasteiger partial charge in [0.15, 0.2) is 0 Å².